The van der Waals surface area contributed by atoms with Crippen LogP contribution in [0.2, 0.25) is 0 Å². The van der Waals surface area contributed by atoms with Crippen LogP contribution in [0.25, 0.3) is 0 Å². The number of hydrogen-bond acceptors (Lipinski definition) is 5. The third-order valence-electron chi connectivity index (χ3n) is 4.76. The Balaban J connectivity index is 1.67. The molecule has 1 aromatic heterocycles. The molecule has 1 N–H and O–H groups in total. The van der Waals surface area contributed by atoms with Gasteiger partial charge in [-0.15, -0.1) is 0 Å². The number of rotatable bonds is 7. The van der Waals surface area contributed by atoms with Crippen LogP contribution in [0.3, 0.4) is 0 Å². The van der Waals surface area contributed by atoms with Crippen molar-refractivity contribution in [2.24, 2.45) is 5.41 Å². The molecule has 1 atom stereocenters. The summed E-state index contributed by atoms with van der Waals surface area (Å²) in [6.45, 7) is 5.06. The number of ether oxygens (including phenoxy) is 2. The molecule has 2 aromatic rings. The molecule has 156 valence electrons. The normalized spacial score (nSPS) is 16.7. The van der Waals surface area contributed by atoms with Crippen molar-refractivity contribution in [3.63, 3.8) is 0 Å². The second-order valence-electron chi connectivity index (χ2n) is 7.68. The van der Waals surface area contributed by atoms with Crippen LogP contribution in [-0.2, 0) is 10.9 Å². The van der Waals surface area contributed by atoms with Crippen molar-refractivity contribution in [1.29, 1.82) is 0 Å². The number of nitrogens with zero attached hydrogens (tertiary/aromatic N) is 1. The zero-order valence-corrected chi connectivity index (χ0v) is 16.0. The first-order chi connectivity index (χ1) is 13.6. The highest BCUT2D eigenvalue weighted by Crippen LogP contribution is 2.31. The van der Waals surface area contributed by atoms with E-state index in [1.165, 1.54) is 12.1 Å². The first-order valence-electron chi connectivity index (χ1n) is 9.08. The van der Waals surface area contributed by atoms with Gasteiger partial charge in [-0.2, -0.15) is 18.2 Å². The molecule has 1 unspecified atom stereocenters. The highest BCUT2D eigenvalue weighted by Gasteiger charge is 2.34. The minimum Gasteiger partial charge on any atom is -0.464 e. The summed E-state index contributed by atoms with van der Waals surface area (Å²) in [4.78, 5) is 30.9. The minimum absolute atomic E-state index is 0.00713. The number of alkyl halides is 3. The van der Waals surface area contributed by atoms with E-state index in [0.29, 0.717) is 18.8 Å². The number of Topliss-reactive ketones (excluding diaryl/α,β-unsaturated/α-hetero) is 1. The summed E-state index contributed by atoms with van der Waals surface area (Å²) >= 11 is 0. The predicted molar refractivity (Wildman–Crippen MR) is 98.1 cm³/mol. The Kier molecular flexibility index (Phi) is 5.79. The van der Waals surface area contributed by atoms with Gasteiger partial charge in [-0.25, -0.2) is 0 Å². The average molecular weight is 410 g/mol. The highest BCUT2D eigenvalue weighted by molar-refractivity contribution is 5.94. The lowest BCUT2D eigenvalue weighted by molar-refractivity contribution is -0.137. The Labute approximate surface area is 165 Å². The van der Waals surface area contributed by atoms with Gasteiger partial charge in [-0.05, 0) is 23.6 Å². The van der Waals surface area contributed by atoms with Crippen molar-refractivity contribution in [2.75, 3.05) is 19.8 Å². The van der Waals surface area contributed by atoms with Crippen LogP contribution in [0.15, 0.2) is 35.1 Å². The lowest BCUT2D eigenvalue weighted by Crippen LogP contribution is -2.44. The first-order valence-corrected chi connectivity index (χ1v) is 9.08. The number of H-pyrrole nitrogens is 1. The second kappa shape index (κ2) is 7.98. The Bertz CT molecular complexity index is 934. The van der Waals surface area contributed by atoms with Gasteiger partial charge < -0.3 is 9.47 Å². The van der Waals surface area contributed by atoms with E-state index in [1.807, 2.05) is 6.92 Å². The van der Waals surface area contributed by atoms with Crippen molar-refractivity contribution in [3.05, 3.63) is 57.5 Å². The number of hydrogen-bond donors (Lipinski definition) is 1. The zero-order chi connectivity index (χ0) is 21.2. The molecular weight excluding hydrogens is 389 g/mol. The number of aromatic amines is 1. The van der Waals surface area contributed by atoms with Gasteiger partial charge in [-0.1, -0.05) is 26.0 Å². The summed E-state index contributed by atoms with van der Waals surface area (Å²) in [6.07, 6.45) is -4.42. The number of benzene rings is 1. The number of ketones is 1. The van der Waals surface area contributed by atoms with Gasteiger partial charge in [0.1, 0.15) is 12.3 Å². The molecule has 0 bridgehead atoms. The third kappa shape index (κ3) is 5.23. The summed E-state index contributed by atoms with van der Waals surface area (Å²) < 4.78 is 48.7. The average Bonchev–Trinajstić information content (AvgIpc) is 2.63. The van der Waals surface area contributed by atoms with E-state index in [9.17, 15) is 22.8 Å². The molecule has 1 fully saturated rings. The molecule has 0 aliphatic carbocycles. The van der Waals surface area contributed by atoms with Gasteiger partial charge in [0, 0.05) is 17.9 Å². The molecule has 1 saturated heterocycles. The standard InChI is InChI=1S/C20H21F3N2O4/c1-12(13-3-5-14(6-4-13)20(21,22)23)7-16(26)15-8-17(27)25-18(24-15)29-11-19(2)9-28-10-19/h3-6,8,12H,7,9-11H2,1-2H3,(H,24,25,27). The van der Waals surface area contributed by atoms with Crippen LogP contribution < -0.4 is 10.3 Å². The van der Waals surface area contributed by atoms with Gasteiger partial charge in [0.25, 0.3) is 11.6 Å². The number of carbonyl (C=O) groups is 1. The molecule has 6 nitrogen and oxygen atoms in total. The maximum absolute atomic E-state index is 12.7. The van der Waals surface area contributed by atoms with E-state index < -0.39 is 23.1 Å². The van der Waals surface area contributed by atoms with Crippen molar-refractivity contribution >= 4 is 5.78 Å². The molecule has 1 aliphatic rings. The van der Waals surface area contributed by atoms with Crippen molar-refractivity contribution in [1.82, 2.24) is 9.97 Å². The topological polar surface area (TPSA) is 81.3 Å². The van der Waals surface area contributed by atoms with Gasteiger partial charge in [0.15, 0.2) is 5.78 Å². The van der Waals surface area contributed by atoms with Crippen LogP contribution in [0.1, 0.15) is 47.8 Å². The molecule has 1 aliphatic heterocycles. The van der Waals surface area contributed by atoms with E-state index in [2.05, 4.69) is 9.97 Å². The second-order valence-corrected chi connectivity index (χ2v) is 7.68. The largest absolute Gasteiger partial charge is 0.464 e. The Hall–Kier alpha value is -2.68. The number of aromatic nitrogens is 2. The molecule has 3 rings (SSSR count). The number of nitrogens with one attached hydrogen (secondary N) is 1. The van der Waals surface area contributed by atoms with Crippen LogP contribution >= 0.6 is 0 Å². The lowest BCUT2D eigenvalue weighted by atomic mass is 9.90. The molecular formula is C20H21F3N2O4. The van der Waals surface area contributed by atoms with E-state index in [4.69, 9.17) is 9.47 Å². The fourth-order valence-corrected chi connectivity index (χ4v) is 2.92. The fraction of sp³-hybridized carbons (Fsp3) is 0.450. The monoisotopic (exact) mass is 410 g/mol. The van der Waals surface area contributed by atoms with Gasteiger partial charge in [0.2, 0.25) is 0 Å². The maximum Gasteiger partial charge on any atom is 0.416 e. The molecule has 0 saturated carbocycles. The third-order valence-corrected chi connectivity index (χ3v) is 4.76. The predicted octanol–water partition coefficient (Wildman–Crippen LogP) is 3.58. The first kappa shape index (κ1) is 21.0. The van der Waals surface area contributed by atoms with Gasteiger partial charge >= 0.3 is 6.18 Å². The fourth-order valence-electron chi connectivity index (χ4n) is 2.92. The minimum atomic E-state index is -4.41. The summed E-state index contributed by atoms with van der Waals surface area (Å²) in [5.74, 6) is -0.743. The summed E-state index contributed by atoms with van der Waals surface area (Å²) in [5.41, 5.74) is -0.877. The summed E-state index contributed by atoms with van der Waals surface area (Å²) in [7, 11) is 0. The lowest BCUT2D eigenvalue weighted by Gasteiger charge is -2.37. The number of carbonyl (C=O) groups excluding carboxylic acids is 1. The Morgan fingerprint density at radius 3 is 2.52 bits per heavy atom. The van der Waals surface area contributed by atoms with Crippen LogP contribution in [-0.4, -0.2) is 35.6 Å². The van der Waals surface area contributed by atoms with Crippen molar-refractivity contribution in [2.45, 2.75) is 32.4 Å². The smallest absolute Gasteiger partial charge is 0.416 e. The van der Waals surface area contributed by atoms with Crippen molar-refractivity contribution < 1.29 is 27.4 Å². The van der Waals surface area contributed by atoms with Crippen molar-refractivity contribution in [3.8, 4) is 6.01 Å². The number of halogens is 3. The van der Waals surface area contributed by atoms with E-state index in [1.54, 1.807) is 6.92 Å². The summed E-state index contributed by atoms with van der Waals surface area (Å²) in [5, 5.41) is 0. The van der Waals surface area contributed by atoms with E-state index >= 15 is 0 Å². The molecule has 1 aromatic carbocycles. The Morgan fingerprint density at radius 2 is 1.97 bits per heavy atom. The van der Waals surface area contributed by atoms with Crippen LogP contribution in [0.4, 0.5) is 13.2 Å². The molecule has 9 heteroatoms. The van der Waals surface area contributed by atoms with Gasteiger partial charge in [0.05, 0.1) is 18.8 Å². The quantitative estimate of drug-likeness (QED) is 0.706. The summed E-state index contributed by atoms with van der Waals surface area (Å²) in [6, 6.07) is 5.71. The molecule has 0 spiro atoms. The molecule has 29 heavy (non-hydrogen) atoms. The molecule has 0 radical (unpaired) electrons. The van der Waals surface area contributed by atoms with Crippen LogP contribution in [0, 0.1) is 5.41 Å². The SMILES string of the molecule is CC(CC(=O)c1cc(=O)[nH]c(OCC2(C)COC2)n1)c1ccc(C(F)(F)F)cc1. The zero-order valence-electron chi connectivity index (χ0n) is 16.0. The van der Waals surface area contributed by atoms with E-state index in [-0.39, 0.29) is 36.1 Å². The van der Waals surface area contributed by atoms with Crippen LogP contribution in [0.5, 0.6) is 6.01 Å². The van der Waals surface area contributed by atoms with Gasteiger partial charge in [-0.3, -0.25) is 14.6 Å². The molecule has 0 amide bonds. The highest BCUT2D eigenvalue weighted by atomic mass is 19.4. The van der Waals surface area contributed by atoms with E-state index in [0.717, 1.165) is 18.2 Å². The molecule has 2 heterocycles. The Morgan fingerprint density at radius 1 is 1.31 bits per heavy atom. The maximum atomic E-state index is 12.7.